The Morgan fingerprint density at radius 1 is 1.14 bits per heavy atom. The summed E-state index contributed by atoms with van der Waals surface area (Å²) < 4.78 is 5.85. The van der Waals surface area contributed by atoms with E-state index < -0.39 is 0 Å². The van der Waals surface area contributed by atoms with Gasteiger partial charge in [0.2, 0.25) is 0 Å². The molecule has 114 valence electrons. The minimum Gasteiger partial charge on any atom is -0.493 e. The molecule has 0 spiro atoms. The van der Waals surface area contributed by atoms with E-state index in [1.54, 1.807) is 11.3 Å². The first-order valence-electron chi connectivity index (χ1n) is 7.45. The van der Waals surface area contributed by atoms with Crippen LogP contribution in [0, 0.1) is 20.8 Å². The molecule has 0 amide bonds. The van der Waals surface area contributed by atoms with Crippen LogP contribution in [0.2, 0.25) is 0 Å². The summed E-state index contributed by atoms with van der Waals surface area (Å²) in [6.45, 7) is 11.0. The number of aromatic nitrogens is 1. The highest BCUT2D eigenvalue weighted by Gasteiger charge is 2.07. The van der Waals surface area contributed by atoms with Crippen LogP contribution in [0.1, 0.15) is 33.6 Å². The van der Waals surface area contributed by atoms with Crippen molar-refractivity contribution in [3.05, 3.63) is 44.9 Å². The third kappa shape index (κ3) is 4.83. The van der Waals surface area contributed by atoms with E-state index >= 15 is 0 Å². The van der Waals surface area contributed by atoms with Crippen LogP contribution in [-0.2, 0) is 13.0 Å². The number of ether oxygens (including phenoxy) is 1. The molecule has 2 aromatic rings. The molecule has 1 heterocycles. The molecule has 0 saturated carbocycles. The Labute approximate surface area is 131 Å². The number of benzene rings is 1. The molecule has 0 unspecified atom stereocenters. The van der Waals surface area contributed by atoms with Crippen LogP contribution >= 0.6 is 11.3 Å². The fraction of sp³-hybridized carbons (Fsp3) is 0.471. The quantitative estimate of drug-likeness (QED) is 0.845. The summed E-state index contributed by atoms with van der Waals surface area (Å²) in [5, 5.41) is 4.51. The normalized spacial score (nSPS) is 10.9. The van der Waals surface area contributed by atoms with E-state index in [1.165, 1.54) is 16.0 Å². The molecule has 0 saturated heterocycles. The first kappa shape index (κ1) is 16.0. The molecule has 0 bridgehead atoms. The number of hydrogen-bond donors (Lipinski definition) is 1. The molecule has 0 fully saturated rings. The summed E-state index contributed by atoms with van der Waals surface area (Å²) in [7, 11) is 0. The average molecular weight is 304 g/mol. The lowest BCUT2D eigenvalue weighted by Crippen LogP contribution is -2.11. The summed E-state index contributed by atoms with van der Waals surface area (Å²) >= 11 is 1.79. The van der Waals surface area contributed by atoms with Gasteiger partial charge in [-0.1, -0.05) is 13.0 Å². The smallest absolute Gasteiger partial charge is 0.119 e. The standard InChI is InChI=1S/C17H24N2OS/c1-5-18-11-16-14(4)19-17(21-16)6-7-20-15-9-12(2)8-13(3)10-15/h8-10,18H,5-7,11H2,1-4H3. The Morgan fingerprint density at radius 2 is 1.86 bits per heavy atom. The van der Waals surface area contributed by atoms with Crippen LogP contribution in [0.5, 0.6) is 5.75 Å². The maximum absolute atomic E-state index is 5.85. The first-order chi connectivity index (χ1) is 10.1. The van der Waals surface area contributed by atoms with Crippen molar-refractivity contribution < 1.29 is 4.74 Å². The van der Waals surface area contributed by atoms with E-state index in [2.05, 4.69) is 56.2 Å². The molecule has 1 aromatic carbocycles. The number of nitrogens with zero attached hydrogens (tertiary/aromatic N) is 1. The van der Waals surface area contributed by atoms with Crippen molar-refractivity contribution >= 4 is 11.3 Å². The molecule has 3 nitrogen and oxygen atoms in total. The van der Waals surface area contributed by atoms with Gasteiger partial charge in [0.15, 0.2) is 0 Å². The number of hydrogen-bond acceptors (Lipinski definition) is 4. The molecule has 21 heavy (non-hydrogen) atoms. The van der Waals surface area contributed by atoms with E-state index in [9.17, 15) is 0 Å². The van der Waals surface area contributed by atoms with Gasteiger partial charge in [0.25, 0.3) is 0 Å². The van der Waals surface area contributed by atoms with Crippen LogP contribution in [0.15, 0.2) is 18.2 Å². The summed E-state index contributed by atoms with van der Waals surface area (Å²) in [6, 6.07) is 6.32. The zero-order chi connectivity index (χ0) is 15.2. The highest BCUT2D eigenvalue weighted by molar-refractivity contribution is 7.11. The number of nitrogens with one attached hydrogen (secondary N) is 1. The summed E-state index contributed by atoms with van der Waals surface area (Å²) in [5.74, 6) is 0.952. The fourth-order valence-corrected chi connectivity index (χ4v) is 3.29. The molecule has 1 aromatic heterocycles. The summed E-state index contributed by atoms with van der Waals surface area (Å²) in [6.07, 6.45) is 0.866. The monoisotopic (exact) mass is 304 g/mol. The second kappa shape index (κ2) is 7.57. The highest BCUT2D eigenvalue weighted by Crippen LogP contribution is 2.20. The van der Waals surface area contributed by atoms with Gasteiger partial charge in [-0.15, -0.1) is 11.3 Å². The van der Waals surface area contributed by atoms with Gasteiger partial charge in [-0.2, -0.15) is 0 Å². The van der Waals surface area contributed by atoms with Crippen LogP contribution in [0.4, 0.5) is 0 Å². The third-order valence-electron chi connectivity index (χ3n) is 3.25. The van der Waals surface area contributed by atoms with Gasteiger partial charge in [0.1, 0.15) is 5.75 Å². The average Bonchev–Trinajstić information content (AvgIpc) is 2.76. The van der Waals surface area contributed by atoms with Crippen LogP contribution < -0.4 is 10.1 Å². The molecule has 0 atom stereocenters. The number of rotatable bonds is 7. The van der Waals surface area contributed by atoms with E-state index in [-0.39, 0.29) is 0 Å². The Morgan fingerprint density at radius 3 is 2.52 bits per heavy atom. The Kier molecular flexibility index (Phi) is 5.76. The zero-order valence-corrected chi connectivity index (χ0v) is 14.1. The zero-order valence-electron chi connectivity index (χ0n) is 13.3. The van der Waals surface area contributed by atoms with E-state index in [1.807, 2.05) is 0 Å². The molecule has 4 heteroatoms. The largest absolute Gasteiger partial charge is 0.493 e. The maximum atomic E-state index is 5.85. The van der Waals surface area contributed by atoms with Gasteiger partial charge in [-0.05, 0) is 50.6 Å². The van der Waals surface area contributed by atoms with Crippen molar-refractivity contribution in [2.24, 2.45) is 0 Å². The van der Waals surface area contributed by atoms with Crippen molar-refractivity contribution in [3.8, 4) is 5.75 Å². The predicted octanol–water partition coefficient (Wildman–Crippen LogP) is 3.80. The first-order valence-corrected chi connectivity index (χ1v) is 8.27. The highest BCUT2D eigenvalue weighted by atomic mass is 32.1. The Bertz CT molecular complexity index is 572. The lowest BCUT2D eigenvalue weighted by Gasteiger charge is -2.07. The number of aryl methyl sites for hydroxylation is 3. The molecule has 0 radical (unpaired) electrons. The van der Waals surface area contributed by atoms with Gasteiger partial charge >= 0.3 is 0 Å². The summed E-state index contributed by atoms with van der Waals surface area (Å²) in [5.41, 5.74) is 3.62. The molecule has 0 aliphatic carbocycles. The van der Waals surface area contributed by atoms with Gasteiger partial charge in [-0.25, -0.2) is 4.98 Å². The molecular formula is C17H24N2OS. The number of thiazole rings is 1. The molecule has 0 aliphatic heterocycles. The third-order valence-corrected chi connectivity index (χ3v) is 4.47. The Hall–Kier alpha value is -1.39. The van der Waals surface area contributed by atoms with Gasteiger partial charge in [-0.3, -0.25) is 0 Å². The maximum Gasteiger partial charge on any atom is 0.119 e. The van der Waals surface area contributed by atoms with Crippen molar-refractivity contribution in [1.82, 2.24) is 10.3 Å². The van der Waals surface area contributed by atoms with Crippen LogP contribution in [0.3, 0.4) is 0 Å². The minimum absolute atomic E-state index is 0.677. The SMILES string of the molecule is CCNCc1sc(CCOc2cc(C)cc(C)c2)nc1C. The van der Waals surface area contributed by atoms with Crippen molar-refractivity contribution in [3.63, 3.8) is 0 Å². The molecular weight excluding hydrogens is 280 g/mol. The molecule has 0 aliphatic rings. The second-order valence-electron chi connectivity index (χ2n) is 5.32. The molecule has 1 N–H and O–H groups in total. The Balaban J connectivity index is 1.88. The topological polar surface area (TPSA) is 34.1 Å². The lowest BCUT2D eigenvalue weighted by molar-refractivity contribution is 0.321. The molecule has 2 rings (SSSR count). The van der Waals surface area contributed by atoms with Gasteiger partial charge in [0.05, 0.1) is 17.3 Å². The van der Waals surface area contributed by atoms with Crippen LogP contribution in [0.25, 0.3) is 0 Å². The van der Waals surface area contributed by atoms with Crippen LogP contribution in [-0.4, -0.2) is 18.1 Å². The van der Waals surface area contributed by atoms with Crippen molar-refractivity contribution in [2.75, 3.05) is 13.2 Å². The van der Waals surface area contributed by atoms with Crippen molar-refractivity contribution in [1.29, 1.82) is 0 Å². The van der Waals surface area contributed by atoms with Gasteiger partial charge < -0.3 is 10.1 Å². The van der Waals surface area contributed by atoms with Crippen molar-refractivity contribution in [2.45, 2.75) is 40.7 Å². The minimum atomic E-state index is 0.677. The summed E-state index contributed by atoms with van der Waals surface area (Å²) in [4.78, 5) is 5.96. The fourth-order valence-electron chi connectivity index (χ4n) is 2.27. The van der Waals surface area contributed by atoms with E-state index in [4.69, 9.17) is 4.74 Å². The van der Waals surface area contributed by atoms with Gasteiger partial charge in [0, 0.05) is 17.8 Å². The predicted molar refractivity (Wildman–Crippen MR) is 89.3 cm³/mol. The van der Waals surface area contributed by atoms with E-state index in [0.717, 1.165) is 36.0 Å². The lowest BCUT2D eigenvalue weighted by atomic mass is 10.1. The second-order valence-corrected chi connectivity index (χ2v) is 6.49. The van der Waals surface area contributed by atoms with E-state index in [0.29, 0.717) is 6.61 Å².